The zero-order valence-corrected chi connectivity index (χ0v) is 15.9. The van der Waals surface area contributed by atoms with Crippen LogP contribution in [0.15, 0.2) is 53.6 Å². The quantitative estimate of drug-likeness (QED) is 0.570. The van der Waals surface area contributed by atoms with Crippen LogP contribution < -0.4 is 10.1 Å². The SMILES string of the molecule is Cc1cc(SCC(=O)Nc2ccc(OC(F)(F)F)cc2)nc2c(C)cccc12. The number of ether oxygens (including phenoxy) is 1. The minimum Gasteiger partial charge on any atom is -0.406 e. The van der Waals surface area contributed by atoms with Gasteiger partial charge in [-0.1, -0.05) is 30.0 Å². The number of alkyl halides is 3. The molecule has 0 aliphatic rings. The summed E-state index contributed by atoms with van der Waals surface area (Å²) in [5, 5.41) is 4.46. The molecule has 146 valence electrons. The molecule has 0 fully saturated rings. The van der Waals surface area contributed by atoms with E-state index in [2.05, 4.69) is 15.0 Å². The molecule has 3 aromatic rings. The Hall–Kier alpha value is -2.74. The van der Waals surface area contributed by atoms with Gasteiger partial charge in [-0.25, -0.2) is 4.98 Å². The van der Waals surface area contributed by atoms with Gasteiger partial charge in [-0.15, -0.1) is 13.2 Å². The van der Waals surface area contributed by atoms with Crippen LogP contribution in [0.3, 0.4) is 0 Å². The van der Waals surface area contributed by atoms with E-state index in [0.29, 0.717) is 5.69 Å². The Morgan fingerprint density at radius 1 is 1.11 bits per heavy atom. The van der Waals surface area contributed by atoms with Crippen molar-refractivity contribution < 1.29 is 22.7 Å². The van der Waals surface area contributed by atoms with Crippen molar-refractivity contribution in [2.75, 3.05) is 11.1 Å². The fourth-order valence-corrected chi connectivity index (χ4v) is 3.45. The van der Waals surface area contributed by atoms with E-state index in [1.807, 2.05) is 38.1 Å². The molecule has 4 nitrogen and oxygen atoms in total. The minimum atomic E-state index is -4.75. The Bertz CT molecular complexity index is 1000. The summed E-state index contributed by atoms with van der Waals surface area (Å²) in [6.07, 6.45) is -4.75. The van der Waals surface area contributed by atoms with Gasteiger partial charge in [0.05, 0.1) is 16.3 Å². The van der Waals surface area contributed by atoms with Crippen LogP contribution in [0, 0.1) is 13.8 Å². The number of amides is 1. The van der Waals surface area contributed by atoms with Gasteiger partial charge in [0.15, 0.2) is 0 Å². The van der Waals surface area contributed by atoms with E-state index in [4.69, 9.17) is 0 Å². The fourth-order valence-electron chi connectivity index (χ4n) is 2.68. The van der Waals surface area contributed by atoms with Crippen LogP contribution in [0.2, 0.25) is 0 Å². The van der Waals surface area contributed by atoms with Gasteiger partial charge < -0.3 is 10.1 Å². The molecular formula is C20H17F3N2O2S. The highest BCUT2D eigenvalue weighted by atomic mass is 32.2. The van der Waals surface area contributed by atoms with Crippen molar-refractivity contribution in [2.45, 2.75) is 25.2 Å². The van der Waals surface area contributed by atoms with Crippen LogP contribution in [0.1, 0.15) is 11.1 Å². The van der Waals surface area contributed by atoms with Crippen molar-refractivity contribution in [1.82, 2.24) is 4.98 Å². The standard InChI is InChI=1S/C20H17F3N2O2S/c1-12-4-3-5-16-13(2)10-18(25-19(12)16)28-11-17(26)24-14-6-8-15(9-7-14)27-20(21,22)23/h3-10H,11H2,1-2H3,(H,24,26). The average molecular weight is 406 g/mol. The zero-order chi connectivity index (χ0) is 20.3. The summed E-state index contributed by atoms with van der Waals surface area (Å²) in [6.45, 7) is 3.99. The number of rotatable bonds is 5. The number of aryl methyl sites for hydroxylation is 2. The number of para-hydroxylation sites is 1. The normalized spacial score (nSPS) is 11.5. The van der Waals surface area contributed by atoms with Crippen LogP contribution in [0.4, 0.5) is 18.9 Å². The Kier molecular flexibility index (Phi) is 5.79. The second-order valence-corrected chi connectivity index (χ2v) is 7.15. The molecule has 0 bridgehead atoms. The predicted octanol–water partition coefficient (Wildman–Crippen LogP) is 5.48. The molecule has 8 heteroatoms. The number of pyridine rings is 1. The smallest absolute Gasteiger partial charge is 0.406 e. The molecule has 0 aliphatic carbocycles. The maximum absolute atomic E-state index is 12.2. The van der Waals surface area contributed by atoms with E-state index >= 15 is 0 Å². The number of benzene rings is 2. The van der Waals surface area contributed by atoms with Crippen molar-refractivity contribution >= 4 is 34.3 Å². The highest BCUT2D eigenvalue weighted by Crippen LogP contribution is 2.26. The van der Waals surface area contributed by atoms with E-state index < -0.39 is 6.36 Å². The van der Waals surface area contributed by atoms with Crippen molar-refractivity contribution in [2.24, 2.45) is 0 Å². The van der Waals surface area contributed by atoms with E-state index in [-0.39, 0.29) is 17.4 Å². The number of halogens is 3. The lowest BCUT2D eigenvalue weighted by Crippen LogP contribution is -2.17. The van der Waals surface area contributed by atoms with Gasteiger partial charge >= 0.3 is 6.36 Å². The van der Waals surface area contributed by atoms with Crippen LogP contribution in [0.5, 0.6) is 5.75 Å². The molecule has 0 spiro atoms. The third kappa shape index (κ3) is 5.16. The second-order valence-electron chi connectivity index (χ2n) is 6.16. The molecule has 1 heterocycles. The van der Waals surface area contributed by atoms with Crippen LogP contribution in [-0.2, 0) is 4.79 Å². The summed E-state index contributed by atoms with van der Waals surface area (Å²) < 4.78 is 40.3. The summed E-state index contributed by atoms with van der Waals surface area (Å²) in [4.78, 5) is 16.8. The number of carbonyl (C=O) groups excluding carboxylic acids is 1. The Morgan fingerprint density at radius 3 is 2.50 bits per heavy atom. The van der Waals surface area contributed by atoms with Gasteiger partial charge in [-0.3, -0.25) is 4.79 Å². The molecular weight excluding hydrogens is 389 g/mol. The van der Waals surface area contributed by atoms with E-state index in [1.54, 1.807) is 0 Å². The molecule has 3 rings (SSSR count). The number of aromatic nitrogens is 1. The third-order valence-corrected chi connectivity index (χ3v) is 4.86. The Balaban J connectivity index is 1.61. The second kappa shape index (κ2) is 8.10. The summed E-state index contributed by atoms with van der Waals surface area (Å²) in [7, 11) is 0. The molecule has 0 unspecified atom stereocenters. The van der Waals surface area contributed by atoms with Crippen LogP contribution in [-0.4, -0.2) is 23.0 Å². The number of carbonyl (C=O) groups is 1. The van der Waals surface area contributed by atoms with Crippen LogP contribution >= 0.6 is 11.8 Å². The maximum atomic E-state index is 12.2. The maximum Gasteiger partial charge on any atom is 0.573 e. The lowest BCUT2D eigenvalue weighted by molar-refractivity contribution is -0.274. The van der Waals surface area contributed by atoms with Gasteiger partial charge in [-0.05, 0) is 55.3 Å². The summed E-state index contributed by atoms with van der Waals surface area (Å²) >= 11 is 1.30. The topological polar surface area (TPSA) is 51.2 Å². The molecule has 0 radical (unpaired) electrons. The first-order chi connectivity index (χ1) is 13.2. The fraction of sp³-hybridized carbons (Fsp3) is 0.200. The number of fused-ring (bicyclic) bond motifs is 1. The molecule has 0 aliphatic heterocycles. The molecule has 1 aromatic heterocycles. The lowest BCUT2D eigenvalue weighted by Gasteiger charge is -2.10. The largest absolute Gasteiger partial charge is 0.573 e. The van der Waals surface area contributed by atoms with Crippen molar-refractivity contribution in [1.29, 1.82) is 0 Å². The van der Waals surface area contributed by atoms with Crippen LogP contribution in [0.25, 0.3) is 10.9 Å². The zero-order valence-electron chi connectivity index (χ0n) is 15.1. The van der Waals surface area contributed by atoms with Gasteiger partial charge in [0.2, 0.25) is 5.91 Å². The highest BCUT2D eigenvalue weighted by molar-refractivity contribution is 7.99. The molecule has 2 aromatic carbocycles. The van der Waals surface area contributed by atoms with Gasteiger partial charge in [0.25, 0.3) is 0 Å². The average Bonchev–Trinajstić information content (AvgIpc) is 2.61. The number of anilines is 1. The monoisotopic (exact) mass is 406 g/mol. The molecule has 28 heavy (non-hydrogen) atoms. The molecule has 0 saturated heterocycles. The first-order valence-corrected chi connectivity index (χ1v) is 9.35. The summed E-state index contributed by atoms with van der Waals surface area (Å²) in [6, 6.07) is 12.9. The van der Waals surface area contributed by atoms with E-state index in [9.17, 15) is 18.0 Å². The van der Waals surface area contributed by atoms with E-state index in [1.165, 1.54) is 23.9 Å². The first-order valence-electron chi connectivity index (χ1n) is 8.37. The predicted molar refractivity (Wildman–Crippen MR) is 104 cm³/mol. The van der Waals surface area contributed by atoms with Gasteiger partial charge in [0, 0.05) is 11.1 Å². The third-order valence-electron chi connectivity index (χ3n) is 3.95. The highest BCUT2D eigenvalue weighted by Gasteiger charge is 2.30. The number of hydrogen-bond acceptors (Lipinski definition) is 4. The summed E-state index contributed by atoms with van der Waals surface area (Å²) in [5.41, 5.74) is 3.44. The van der Waals surface area contributed by atoms with E-state index in [0.717, 1.165) is 39.2 Å². The Morgan fingerprint density at radius 2 is 1.82 bits per heavy atom. The van der Waals surface area contributed by atoms with Crippen molar-refractivity contribution in [3.8, 4) is 5.75 Å². The number of nitrogens with one attached hydrogen (secondary N) is 1. The minimum absolute atomic E-state index is 0.130. The molecule has 0 saturated carbocycles. The number of thioether (sulfide) groups is 1. The van der Waals surface area contributed by atoms with Gasteiger partial charge in [0.1, 0.15) is 5.75 Å². The molecule has 0 atom stereocenters. The van der Waals surface area contributed by atoms with Crippen molar-refractivity contribution in [3.63, 3.8) is 0 Å². The first kappa shape index (κ1) is 20.0. The number of nitrogens with zero attached hydrogens (tertiary/aromatic N) is 1. The lowest BCUT2D eigenvalue weighted by atomic mass is 10.1. The Labute approximate surface area is 164 Å². The number of hydrogen-bond donors (Lipinski definition) is 1. The molecule has 1 N–H and O–H groups in total. The van der Waals surface area contributed by atoms with Gasteiger partial charge in [-0.2, -0.15) is 0 Å². The van der Waals surface area contributed by atoms with Crippen molar-refractivity contribution in [3.05, 3.63) is 59.7 Å². The summed E-state index contributed by atoms with van der Waals surface area (Å²) in [5.74, 6) is -0.491. The molecule has 1 amide bonds.